The molecule has 27 heavy (non-hydrogen) atoms. The molecular weight excluding hydrogens is 342 g/mol. The van der Waals surface area contributed by atoms with Gasteiger partial charge in [0.15, 0.2) is 0 Å². The Labute approximate surface area is 158 Å². The van der Waals surface area contributed by atoms with E-state index in [1.807, 2.05) is 28.0 Å². The van der Waals surface area contributed by atoms with E-state index in [4.69, 9.17) is 5.73 Å². The summed E-state index contributed by atoms with van der Waals surface area (Å²) in [5.74, 6) is 0.0549. The van der Waals surface area contributed by atoms with Gasteiger partial charge in [-0.1, -0.05) is 6.92 Å². The number of rotatable bonds is 3. The van der Waals surface area contributed by atoms with Crippen LogP contribution in [0.1, 0.15) is 36.5 Å². The second-order valence-electron chi connectivity index (χ2n) is 8.29. The second kappa shape index (κ2) is 6.96. The molecule has 7 heteroatoms. The molecule has 0 aliphatic carbocycles. The number of likely N-dealkylation sites (tertiary alicyclic amines) is 2. The zero-order valence-corrected chi connectivity index (χ0v) is 15.8. The fourth-order valence-corrected chi connectivity index (χ4v) is 4.26. The molecule has 1 aromatic heterocycles. The van der Waals surface area contributed by atoms with Gasteiger partial charge in [0, 0.05) is 37.1 Å². The zero-order chi connectivity index (χ0) is 19.0. The van der Waals surface area contributed by atoms with Gasteiger partial charge < -0.3 is 15.5 Å². The number of amides is 2. The highest BCUT2D eigenvalue weighted by atomic mass is 16.2. The van der Waals surface area contributed by atoms with Gasteiger partial charge in [-0.3, -0.25) is 14.7 Å². The zero-order valence-electron chi connectivity index (χ0n) is 15.8. The third-order valence-electron chi connectivity index (χ3n) is 6.11. The maximum absolute atomic E-state index is 13.0. The standard InChI is InChI=1S/C20H27N5O2/c1-20(12-21)6-8-25(13-20)19(27)15-3-2-7-24(11-15)18(26)14-4-5-17-16(9-14)10-22-23-17/h4-5,9-10,15H,2-3,6-8,11-13,21H2,1H3,(H,22,23). The molecule has 3 N–H and O–H groups in total. The number of aromatic amines is 1. The van der Waals surface area contributed by atoms with Crippen LogP contribution in [0.15, 0.2) is 24.4 Å². The average Bonchev–Trinajstić information content (AvgIpc) is 3.33. The molecule has 0 radical (unpaired) electrons. The fraction of sp³-hybridized carbons (Fsp3) is 0.550. The van der Waals surface area contributed by atoms with E-state index in [2.05, 4.69) is 17.1 Å². The van der Waals surface area contributed by atoms with E-state index in [-0.39, 0.29) is 23.1 Å². The molecule has 2 aromatic rings. The normalized spacial score (nSPS) is 25.9. The molecule has 2 saturated heterocycles. The number of aromatic nitrogens is 2. The third-order valence-corrected chi connectivity index (χ3v) is 6.11. The first-order valence-electron chi connectivity index (χ1n) is 9.70. The van der Waals surface area contributed by atoms with Gasteiger partial charge in [0.25, 0.3) is 5.91 Å². The highest BCUT2D eigenvalue weighted by molar-refractivity contribution is 5.98. The van der Waals surface area contributed by atoms with Crippen LogP contribution in [0.4, 0.5) is 0 Å². The molecule has 4 rings (SSSR count). The number of benzene rings is 1. The summed E-state index contributed by atoms with van der Waals surface area (Å²) in [6.07, 6.45) is 4.38. The van der Waals surface area contributed by atoms with E-state index >= 15 is 0 Å². The van der Waals surface area contributed by atoms with Crippen molar-refractivity contribution in [1.29, 1.82) is 0 Å². The first-order valence-corrected chi connectivity index (χ1v) is 9.70. The molecule has 144 valence electrons. The summed E-state index contributed by atoms with van der Waals surface area (Å²) in [5.41, 5.74) is 7.46. The monoisotopic (exact) mass is 369 g/mol. The molecule has 2 aliphatic heterocycles. The summed E-state index contributed by atoms with van der Waals surface area (Å²) in [6, 6.07) is 5.56. The topological polar surface area (TPSA) is 95.3 Å². The van der Waals surface area contributed by atoms with Gasteiger partial charge in [-0.15, -0.1) is 0 Å². The summed E-state index contributed by atoms with van der Waals surface area (Å²) in [6.45, 7) is 5.44. The molecule has 2 fully saturated rings. The van der Waals surface area contributed by atoms with Crippen LogP contribution in [0.2, 0.25) is 0 Å². The summed E-state index contributed by atoms with van der Waals surface area (Å²) in [5, 5.41) is 7.82. The predicted octanol–water partition coefficient (Wildman–Crippen LogP) is 1.61. The first kappa shape index (κ1) is 18.0. The molecule has 0 saturated carbocycles. The van der Waals surface area contributed by atoms with Crippen LogP contribution in [0.5, 0.6) is 0 Å². The highest BCUT2D eigenvalue weighted by Gasteiger charge is 2.38. The van der Waals surface area contributed by atoms with Crippen molar-refractivity contribution in [3.05, 3.63) is 30.0 Å². The molecular formula is C20H27N5O2. The number of H-pyrrole nitrogens is 1. The summed E-state index contributed by atoms with van der Waals surface area (Å²) < 4.78 is 0. The minimum atomic E-state index is -0.111. The lowest BCUT2D eigenvalue weighted by atomic mass is 9.90. The lowest BCUT2D eigenvalue weighted by Gasteiger charge is -2.34. The van der Waals surface area contributed by atoms with Gasteiger partial charge in [0.2, 0.25) is 5.91 Å². The molecule has 1 aromatic carbocycles. The number of nitrogens with one attached hydrogen (secondary N) is 1. The maximum atomic E-state index is 13.0. The van der Waals surface area contributed by atoms with E-state index in [1.165, 1.54) is 0 Å². The lowest BCUT2D eigenvalue weighted by Crippen LogP contribution is -2.46. The number of nitrogens with two attached hydrogens (primary N) is 1. The Morgan fingerprint density at radius 1 is 1.33 bits per heavy atom. The van der Waals surface area contributed by atoms with Crippen molar-refractivity contribution in [2.24, 2.45) is 17.1 Å². The predicted molar refractivity (Wildman–Crippen MR) is 103 cm³/mol. The average molecular weight is 369 g/mol. The van der Waals surface area contributed by atoms with Crippen LogP contribution in [0.3, 0.4) is 0 Å². The molecule has 3 heterocycles. The van der Waals surface area contributed by atoms with E-state index < -0.39 is 0 Å². The molecule has 2 atom stereocenters. The van der Waals surface area contributed by atoms with Crippen molar-refractivity contribution in [1.82, 2.24) is 20.0 Å². The fourth-order valence-electron chi connectivity index (χ4n) is 4.26. The van der Waals surface area contributed by atoms with Crippen LogP contribution in [0.25, 0.3) is 10.9 Å². The molecule has 0 spiro atoms. The SMILES string of the molecule is CC1(CN)CCN(C(=O)C2CCCN(C(=O)c3ccc4[nH]ncc4c3)C2)C1. The Balaban J connectivity index is 1.44. The van der Waals surface area contributed by atoms with Crippen molar-refractivity contribution in [3.8, 4) is 0 Å². The Kier molecular flexibility index (Phi) is 4.63. The van der Waals surface area contributed by atoms with Gasteiger partial charge in [-0.05, 0) is 49.4 Å². The van der Waals surface area contributed by atoms with Gasteiger partial charge in [-0.2, -0.15) is 5.10 Å². The highest BCUT2D eigenvalue weighted by Crippen LogP contribution is 2.31. The van der Waals surface area contributed by atoms with E-state index in [1.54, 1.807) is 6.20 Å². The Hall–Kier alpha value is -2.41. The molecule has 7 nitrogen and oxygen atoms in total. The first-order chi connectivity index (χ1) is 13.0. The van der Waals surface area contributed by atoms with Crippen LogP contribution in [-0.4, -0.2) is 64.5 Å². The molecule has 2 amide bonds. The third kappa shape index (κ3) is 3.43. The number of carbonyl (C=O) groups excluding carboxylic acids is 2. The summed E-state index contributed by atoms with van der Waals surface area (Å²) in [4.78, 5) is 29.7. The van der Waals surface area contributed by atoms with Crippen molar-refractivity contribution in [2.45, 2.75) is 26.2 Å². The number of fused-ring (bicyclic) bond motifs is 1. The van der Waals surface area contributed by atoms with E-state index in [0.717, 1.165) is 43.3 Å². The van der Waals surface area contributed by atoms with E-state index in [0.29, 0.717) is 25.2 Å². The lowest BCUT2D eigenvalue weighted by molar-refractivity contribution is -0.136. The van der Waals surface area contributed by atoms with Crippen molar-refractivity contribution >= 4 is 22.7 Å². The molecule has 0 bridgehead atoms. The quantitative estimate of drug-likeness (QED) is 0.859. The molecule has 2 aliphatic rings. The van der Waals surface area contributed by atoms with Gasteiger partial charge in [-0.25, -0.2) is 0 Å². The van der Waals surface area contributed by atoms with Crippen molar-refractivity contribution in [2.75, 3.05) is 32.7 Å². The van der Waals surface area contributed by atoms with Gasteiger partial charge in [0.05, 0.1) is 17.6 Å². The van der Waals surface area contributed by atoms with Crippen molar-refractivity contribution in [3.63, 3.8) is 0 Å². The van der Waals surface area contributed by atoms with Crippen LogP contribution < -0.4 is 5.73 Å². The Morgan fingerprint density at radius 3 is 2.96 bits per heavy atom. The minimum absolute atomic E-state index is 0.0104. The smallest absolute Gasteiger partial charge is 0.253 e. The van der Waals surface area contributed by atoms with E-state index in [9.17, 15) is 9.59 Å². The van der Waals surface area contributed by atoms with Crippen LogP contribution >= 0.6 is 0 Å². The van der Waals surface area contributed by atoms with Crippen LogP contribution in [-0.2, 0) is 4.79 Å². The number of carbonyl (C=O) groups is 2. The largest absolute Gasteiger partial charge is 0.342 e. The van der Waals surface area contributed by atoms with Crippen LogP contribution in [0, 0.1) is 11.3 Å². The van der Waals surface area contributed by atoms with Gasteiger partial charge in [0.1, 0.15) is 0 Å². The number of nitrogens with zero attached hydrogens (tertiary/aromatic N) is 3. The maximum Gasteiger partial charge on any atom is 0.253 e. The summed E-state index contributed by atoms with van der Waals surface area (Å²) in [7, 11) is 0. The number of piperidine rings is 1. The summed E-state index contributed by atoms with van der Waals surface area (Å²) >= 11 is 0. The number of hydrogen-bond donors (Lipinski definition) is 2. The van der Waals surface area contributed by atoms with Crippen molar-refractivity contribution < 1.29 is 9.59 Å². The minimum Gasteiger partial charge on any atom is -0.342 e. The Bertz CT molecular complexity index is 863. The Morgan fingerprint density at radius 2 is 2.19 bits per heavy atom. The van der Waals surface area contributed by atoms with Gasteiger partial charge >= 0.3 is 0 Å². The second-order valence-corrected chi connectivity index (χ2v) is 8.29. The number of hydrogen-bond acceptors (Lipinski definition) is 4. The molecule has 2 unspecified atom stereocenters.